The van der Waals surface area contributed by atoms with Gasteiger partial charge in [0.2, 0.25) is 0 Å². The maximum Gasteiger partial charge on any atom is 0.124 e. The van der Waals surface area contributed by atoms with Crippen LogP contribution in [0.15, 0.2) is 29.2 Å². The molecule has 1 aromatic rings. The van der Waals surface area contributed by atoms with Gasteiger partial charge in [0.15, 0.2) is 0 Å². The number of rotatable bonds is 14. The first-order valence-electron chi connectivity index (χ1n) is 10.8. The van der Waals surface area contributed by atoms with E-state index in [1.54, 1.807) is 6.07 Å². The molecule has 0 radical (unpaired) electrons. The lowest BCUT2D eigenvalue weighted by Gasteiger charge is -2.37. The second-order valence-electron chi connectivity index (χ2n) is 7.75. The molecule has 0 bridgehead atoms. The van der Waals surface area contributed by atoms with Crippen LogP contribution in [0, 0.1) is 0 Å². The van der Waals surface area contributed by atoms with Gasteiger partial charge in [0.25, 0.3) is 0 Å². The number of hydrogen-bond acceptors (Lipinski definition) is 3. The molecule has 1 unspecified atom stereocenters. The molecule has 0 heterocycles. The molecular weight excluding hydrogens is 375 g/mol. The smallest absolute Gasteiger partial charge is 0.124 e. The normalized spacial score (nSPS) is 13.7. The summed E-state index contributed by atoms with van der Waals surface area (Å²) >= 11 is 0. The lowest BCUT2D eigenvalue weighted by molar-refractivity contribution is 0.461. The van der Waals surface area contributed by atoms with E-state index in [-0.39, 0.29) is 10.6 Å². The zero-order valence-electron chi connectivity index (χ0n) is 17.7. The summed E-state index contributed by atoms with van der Waals surface area (Å²) in [6.07, 6.45) is 12.8. The number of hydrogen-bond donors (Lipinski definition) is 0. The van der Waals surface area contributed by atoms with Crippen LogP contribution in [0.4, 0.5) is 0 Å². The van der Waals surface area contributed by atoms with E-state index in [0.717, 1.165) is 18.4 Å². The van der Waals surface area contributed by atoms with E-state index >= 15 is 0 Å². The van der Waals surface area contributed by atoms with Crippen molar-refractivity contribution >= 4 is 17.4 Å². The van der Waals surface area contributed by atoms with Crippen molar-refractivity contribution in [2.45, 2.75) is 89.6 Å². The second-order valence-corrected chi connectivity index (χ2v) is 13.5. The van der Waals surface area contributed by atoms with Gasteiger partial charge in [0.05, 0.1) is 29.0 Å². The van der Waals surface area contributed by atoms with Gasteiger partial charge in [-0.3, -0.25) is 0 Å². The molecule has 0 aliphatic heterocycles. The van der Waals surface area contributed by atoms with Crippen LogP contribution in [-0.4, -0.2) is 31.5 Å². The molecule has 0 spiro atoms. The fraction of sp³-hybridized carbons (Fsp3) is 0.727. The molecule has 0 fully saturated rings. The van der Waals surface area contributed by atoms with E-state index in [1.807, 2.05) is 12.1 Å². The lowest BCUT2D eigenvalue weighted by Crippen LogP contribution is -2.19. The molecule has 0 N–H and O–H groups in total. The Hall–Kier alpha value is -0.440. The fourth-order valence-electron chi connectivity index (χ4n) is 4.20. The highest BCUT2D eigenvalue weighted by molar-refractivity contribution is 7.86. The Balaban J connectivity index is 3.53. The van der Waals surface area contributed by atoms with E-state index in [0.29, 0.717) is 0 Å². The summed E-state index contributed by atoms with van der Waals surface area (Å²) in [5, 5.41) is 0. The van der Waals surface area contributed by atoms with Gasteiger partial charge in [0, 0.05) is 12.8 Å². The van der Waals surface area contributed by atoms with Crippen LogP contribution in [-0.2, 0) is 10.1 Å². The van der Waals surface area contributed by atoms with E-state index in [2.05, 4.69) is 27.7 Å². The molecule has 0 aromatic heterocycles. The van der Waals surface area contributed by atoms with Crippen LogP contribution in [0.1, 0.15) is 90.3 Å². The average Bonchev–Trinajstić information content (AvgIpc) is 2.65. The molecule has 0 aliphatic rings. The topological polar surface area (TPSA) is 57.2 Å². The van der Waals surface area contributed by atoms with Crippen LogP contribution < -0.4 is 0 Å². The SMILES string of the molecule is CCCC[P+](CCCC)(CCCC)C(CCC)c1ccccc1S(=O)(=O)[O-]. The summed E-state index contributed by atoms with van der Waals surface area (Å²) in [7, 11) is -5.84. The molecule has 0 saturated carbocycles. The third-order valence-corrected chi connectivity index (χ3v) is 12.0. The molecule has 27 heavy (non-hydrogen) atoms. The van der Waals surface area contributed by atoms with Crippen molar-refractivity contribution in [2.24, 2.45) is 0 Å². The molecule has 0 amide bonds. The largest absolute Gasteiger partial charge is 0.744 e. The summed E-state index contributed by atoms with van der Waals surface area (Å²) in [6.45, 7) is 8.88. The standard InChI is InChI=1S/C22H39O3PS/c1-5-9-17-26(18-10-6-2,19-11-7-3)21(14-8-4)20-15-12-13-16-22(20)27(23,24)25/h12-13,15-16,21H,5-11,14,17-19H2,1-4H3. The van der Waals surface area contributed by atoms with Gasteiger partial charge in [0.1, 0.15) is 10.1 Å². The first-order chi connectivity index (χ1) is 12.9. The molecule has 156 valence electrons. The quantitative estimate of drug-likeness (QED) is 0.247. The zero-order valence-corrected chi connectivity index (χ0v) is 19.5. The summed E-state index contributed by atoms with van der Waals surface area (Å²) in [5.74, 6) is 0. The number of benzene rings is 1. The molecule has 0 saturated heterocycles. The maximum atomic E-state index is 12.0. The zero-order chi connectivity index (χ0) is 20.3. The fourth-order valence-corrected chi connectivity index (χ4v) is 11.1. The van der Waals surface area contributed by atoms with Gasteiger partial charge >= 0.3 is 0 Å². The molecule has 3 nitrogen and oxygen atoms in total. The van der Waals surface area contributed by atoms with Crippen LogP contribution in [0.2, 0.25) is 0 Å². The predicted molar refractivity (Wildman–Crippen MR) is 118 cm³/mol. The van der Waals surface area contributed by atoms with Gasteiger partial charge in [-0.1, -0.05) is 71.6 Å². The van der Waals surface area contributed by atoms with E-state index < -0.39 is 17.4 Å². The predicted octanol–water partition coefficient (Wildman–Crippen LogP) is 6.85. The van der Waals surface area contributed by atoms with Crippen molar-refractivity contribution in [1.82, 2.24) is 0 Å². The minimum absolute atomic E-state index is 0.0253. The van der Waals surface area contributed by atoms with Gasteiger partial charge in [-0.2, -0.15) is 0 Å². The third-order valence-electron chi connectivity index (χ3n) is 5.64. The molecule has 1 atom stereocenters. The highest BCUT2D eigenvalue weighted by Gasteiger charge is 2.45. The Labute approximate surface area is 168 Å². The Morgan fingerprint density at radius 1 is 0.852 bits per heavy atom. The van der Waals surface area contributed by atoms with Gasteiger partial charge in [-0.25, -0.2) is 8.42 Å². The summed E-state index contributed by atoms with van der Waals surface area (Å²) < 4.78 is 36.0. The molecule has 5 heteroatoms. The van der Waals surface area contributed by atoms with Crippen molar-refractivity contribution in [3.8, 4) is 0 Å². The minimum Gasteiger partial charge on any atom is -0.744 e. The van der Waals surface area contributed by atoms with Crippen LogP contribution in [0.5, 0.6) is 0 Å². The van der Waals surface area contributed by atoms with Crippen molar-refractivity contribution in [3.05, 3.63) is 29.8 Å². The Morgan fingerprint density at radius 2 is 1.33 bits per heavy atom. The van der Waals surface area contributed by atoms with E-state index in [9.17, 15) is 13.0 Å². The van der Waals surface area contributed by atoms with Crippen LogP contribution in [0.25, 0.3) is 0 Å². The average molecular weight is 415 g/mol. The van der Waals surface area contributed by atoms with Crippen molar-refractivity contribution in [3.63, 3.8) is 0 Å². The number of unbranched alkanes of at least 4 members (excludes halogenated alkanes) is 3. The Morgan fingerprint density at radius 3 is 1.74 bits per heavy atom. The first-order valence-corrected chi connectivity index (χ1v) is 14.6. The summed E-state index contributed by atoms with van der Waals surface area (Å²) in [6, 6.07) is 7.03. The highest BCUT2D eigenvalue weighted by atomic mass is 32.2. The third kappa shape index (κ3) is 7.15. The first kappa shape index (κ1) is 24.6. The maximum absolute atomic E-state index is 12.0. The van der Waals surface area contributed by atoms with E-state index in [4.69, 9.17) is 0 Å². The van der Waals surface area contributed by atoms with Crippen molar-refractivity contribution < 1.29 is 13.0 Å². The van der Waals surface area contributed by atoms with Gasteiger partial charge < -0.3 is 4.55 Å². The Kier molecular flexibility index (Phi) is 11.1. The molecule has 0 aliphatic carbocycles. The molecule has 1 aromatic carbocycles. The van der Waals surface area contributed by atoms with Crippen molar-refractivity contribution in [1.29, 1.82) is 0 Å². The molecular formula is C22H39O3PS. The highest BCUT2D eigenvalue weighted by Crippen LogP contribution is 2.72. The van der Waals surface area contributed by atoms with E-state index in [1.165, 1.54) is 63.1 Å². The lowest BCUT2D eigenvalue weighted by atomic mass is 10.1. The minimum atomic E-state index is -4.45. The van der Waals surface area contributed by atoms with Crippen molar-refractivity contribution in [2.75, 3.05) is 18.5 Å². The summed E-state index contributed by atoms with van der Waals surface area (Å²) in [5.41, 5.74) is 1.05. The monoisotopic (exact) mass is 414 g/mol. The van der Waals surface area contributed by atoms with Crippen LogP contribution >= 0.6 is 7.26 Å². The molecule has 1 rings (SSSR count). The van der Waals surface area contributed by atoms with Gasteiger partial charge in [-0.05, 0) is 31.7 Å². The van der Waals surface area contributed by atoms with Gasteiger partial charge in [-0.15, -0.1) is 0 Å². The Bertz CT molecular complexity index is 621. The summed E-state index contributed by atoms with van der Waals surface area (Å²) in [4.78, 5) is 0.0253. The second kappa shape index (κ2) is 12.2. The van der Waals surface area contributed by atoms with Crippen LogP contribution in [0.3, 0.4) is 0 Å².